The average Bonchev–Trinajstić information content (AvgIpc) is 3.05. The number of nitrogen functional groups attached to an aromatic ring is 1. The van der Waals surface area contributed by atoms with Crippen LogP contribution in [0.25, 0.3) is 43.4 Å². The van der Waals surface area contributed by atoms with Gasteiger partial charge in [0.15, 0.2) is 0 Å². The van der Waals surface area contributed by atoms with Gasteiger partial charge in [-0.3, -0.25) is 14.1 Å². The Hall–Kier alpha value is -5.28. The van der Waals surface area contributed by atoms with Crippen molar-refractivity contribution in [1.29, 1.82) is 0 Å². The normalized spacial score (nSPS) is 11.9. The quantitative estimate of drug-likeness (QED) is 0.0148. The third-order valence-corrected chi connectivity index (χ3v) is 8.43. The van der Waals surface area contributed by atoms with Crippen molar-refractivity contribution >= 4 is 61.0 Å². The van der Waals surface area contributed by atoms with Crippen molar-refractivity contribution in [3.8, 4) is 11.3 Å². The number of unbranched alkanes of at least 4 members (excludes halogenated alkanes) is 2. The number of aliphatic carboxylic acids is 1. The molecule has 0 saturated carbocycles. The second-order valence-corrected chi connectivity index (χ2v) is 12.8. The van der Waals surface area contributed by atoms with Crippen molar-refractivity contribution < 1.29 is 41.8 Å². The molecule has 16 heteroatoms. The smallest absolute Gasteiger partial charge is 0.327 e. The number of nitrogens with zero attached hydrogens (tertiary/aromatic N) is 4. The highest BCUT2D eigenvalue weighted by atomic mass is 32.2. The monoisotopic (exact) mass is 692 g/mol. The average molecular weight is 693 g/mol. The summed E-state index contributed by atoms with van der Waals surface area (Å²) in [6.45, 7) is 0.875. The van der Waals surface area contributed by atoms with Crippen LogP contribution in [0.15, 0.2) is 71.8 Å². The topological polar surface area (TPSA) is 238 Å². The summed E-state index contributed by atoms with van der Waals surface area (Å²) < 4.78 is 38.2. The first-order chi connectivity index (χ1) is 23.5. The summed E-state index contributed by atoms with van der Waals surface area (Å²) in [7, 11) is -4.60. The Kier molecular flexibility index (Phi) is 12.8. The molecule has 0 aliphatic rings. The second kappa shape index (κ2) is 17.2. The third kappa shape index (κ3) is 10.6. The molecule has 15 nitrogen and oxygen atoms in total. The number of pyridine rings is 1. The summed E-state index contributed by atoms with van der Waals surface area (Å²) in [6, 6.07) is 19.7. The van der Waals surface area contributed by atoms with Crippen LogP contribution in [-0.4, -0.2) is 67.4 Å². The van der Waals surface area contributed by atoms with E-state index in [9.17, 15) is 22.8 Å². The number of anilines is 1. The molecular weight excluding hydrogens is 654 g/mol. The number of azide groups is 1. The van der Waals surface area contributed by atoms with Crippen LogP contribution in [0.2, 0.25) is 0 Å². The molecule has 3 aromatic carbocycles. The number of aromatic nitrogens is 1. The number of nitrogens with two attached hydrogens (primary N) is 1. The van der Waals surface area contributed by atoms with Crippen molar-refractivity contribution in [3.05, 3.63) is 77.2 Å². The molecule has 1 atom stereocenters. The van der Waals surface area contributed by atoms with Crippen molar-refractivity contribution in [2.45, 2.75) is 44.7 Å². The minimum atomic E-state index is -4.60. The third-order valence-electron chi connectivity index (χ3n) is 7.68. The second-order valence-electron chi connectivity index (χ2n) is 11.3. The minimum Gasteiger partial charge on any atom is -0.480 e. The molecule has 0 radical (unpaired) electrons. The van der Waals surface area contributed by atoms with E-state index in [2.05, 4.69) is 19.9 Å². The molecule has 0 bridgehead atoms. The van der Waals surface area contributed by atoms with Crippen LogP contribution in [0.4, 0.5) is 11.4 Å². The van der Waals surface area contributed by atoms with E-state index in [1.165, 1.54) is 0 Å². The summed E-state index contributed by atoms with van der Waals surface area (Å²) in [5.74, 6) is -3.66. The maximum Gasteiger partial charge on any atom is 0.327 e. The van der Waals surface area contributed by atoms with Crippen LogP contribution in [0.1, 0.15) is 32.1 Å². The fraction of sp³-hybridized carbons (Fsp3) is 0.333. The number of hydrogen-bond donors (Lipinski definition) is 5. The summed E-state index contributed by atoms with van der Waals surface area (Å²) in [5, 5.41) is 20.6. The Labute approximate surface area is 282 Å². The number of fused-ring (bicyclic) bond motifs is 3. The molecule has 0 spiro atoms. The van der Waals surface area contributed by atoms with Gasteiger partial charge in [-0.05, 0) is 48.7 Å². The Morgan fingerprint density at radius 2 is 1.69 bits per heavy atom. The number of carboxylic acids is 1. The van der Waals surface area contributed by atoms with Gasteiger partial charge in [0.25, 0.3) is 10.1 Å². The van der Waals surface area contributed by atoms with Crippen molar-refractivity contribution in [3.63, 3.8) is 0 Å². The number of ether oxygens (including phenoxy) is 1. The molecule has 4 rings (SSSR count). The van der Waals surface area contributed by atoms with Gasteiger partial charge in [0, 0.05) is 59.1 Å². The Bertz CT molecular complexity index is 1980. The molecule has 0 aliphatic heterocycles. The molecule has 1 heterocycles. The van der Waals surface area contributed by atoms with Gasteiger partial charge in [-0.1, -0.05) is 35.4 Å². The van der Waals surface area contributed by atoms with E-state index in [0.717, 1.165) is 45.8 Å². The predicted molar refractivity (Wildman–Crippen MR) is 183 cm³/mol. The number of aryl methyl sites for hydroxylation is 1. The van der Waals surface area contributed by atoms with Crippen LogP contribution in [-0.2, 0) is 35.8 Å². The standard InChI is InChI=1S/C33H37N7O8S/c34-23-10-12-25-26-13-11-24(38-39-35)20-29(26)40(32(27(25)19-23)22-7-3-1-4-8-22)16-6-2-5-9-30(41)36-15-18-48-17-14-31(42)37-28(33(43)44)21-49(45,46)47/h1,3-4,7-8,10-13,19-20,28H,2,5-6,9,14-18,21,34H2,(H3-,36,37,41,42,43,44,45,46,47)/p+1. The maximum atomic E-state index is 12.4. The van der Waals surface area contributed by atoms with Crippen LogP contribution in [0.5, 0.6) is 0 Å². The lowest BCUT2D eigenvalue weighted by Gasteiger charge is -2.13. The van der Waals surface area contributed by atoms with Crippen LogP contribution < -0.4 is 20.9 Å². The molecule has 1 unspecified atom stereocenters. The number of hydrogen-bond acceptors (Lipinski definition) is 8. The Balaban J connectivity index is 1.30. The Morgan fingerprint density at radius 3 is 2.41 bits per heavy atom. The maximum absolute atomic E-state index is 12.4. The van der Waals surface area contributed by atoms with Gasteiger partial charge in [-0.25, -0.2) is 4.79 Å². The SMILES string of the molecule is [N-]=[N+]=Nc1ccc2c3ccc(N)cc3c(-c3ccccc3)[n+](CCCCCC(=O)NCCOCCC(=O)NC(CS(=O)(=O)O)C(=O)O)c2c1. The molecular formula is C33H38N7O8S+. The van der Waals surface area contributed by atoms with Crippen molar-refractivity contribution in [2.75, 3.05) is 31.2 Å². The van der Waals surface area contributed by atoms with Crippen molar-refractivity contribution in [1.82, 2.24) is 10.6 Å². The zero-order valence-electron chi connectivity index (χ0n) is 26.6. The van der Waals surface area contributed by atoms with E-state index in [0.29, 0.717) is 30.8 Å². The van der Waals surface area contributed by atoms with Gasteiger partial charge in [0.1, 0.15) is 18.3 Å². The predicted octanol–water partition coefficient (Wildman–Crippen LogP) is 4.01. The first-order valence-corrected chi connectivity index (χ1v) is 17.2. The van der Waals surface area contributed by atoms with Gasteiger partial charge in [0.05, 0.1) is 24.0 Å². The van der Waals surface area contributed by atoms with Crippen molar-refractivity contribution in [2.24, 2.45) is 5.11 Å². The largest absolute Gasteiger partial charge is 0.480 e. The van der Waals surface area contributed by atoms with Gasteiger partial charge in [-0.2, -0.15) is 13.0 Å². The molecule has 0 saturated heterocycles. The first kappa shape index (κ1) is 36.6. The van der Waals surface area contributed by atoms with E-state index < -0.39 is 33.8 Å². The molecule has 0 fully saturated rings. The number of rotatable bonds is 18. The summed E-state index contributed by atoms with van der Waals surface area (Å²) in [5.41, 5.74) is 19.4. The molecule has 6 N–H and O–H groups in total. The summed E-state index contributed by atoms with van der Waals surface area (Å²) in [6.07, 6.45) is 2.25. The van der Waals surface area contributed by atoms with Crippen LogP contribution >= 0.6 is 0 Å². The number of carbonyl (C=O) groups is 3. The minimum absolute atomic E-state index is 0.0804. The molecule has 0 aliphatic carbocycles. The number of benzene rings is 3. The molecule has 1 aromatic heterocycles. The highest BCUT2D eigenvalue weighted by Gasteiger charge is 2.26. The van der Waals surface area contributed by atoms with E-state index >= 15 is 0 Å². The summed E-state index contributed by atoms with van der Waals surface area (Å²) >= 11 is 0. The van der Waals surface area contributed by atoms with Crippen LogP contribution in [0, 0.1) is 0 Å². The number of amides is 2. The number of carbonyl (C=O) groups excluding carboxylic acids is 2. The zero-order chi connectivity index (χ0) is 35.4. The fourth-order valence-corrected chi connectivity index (χ4v) is 6.13. The van der Waals surface area contributed by atoms with Gasteiger partial charge in [0.2, 0.25) is 23.0 Å². The Morgan fingerprint density at radius 1 is 0.939 bits per heavy atom. The zero-order valence-corrected chi connectivity index (χ0v) is 27.4. The molecule has 2 amide bonds. The molecule has 49 heavy (non-hydrogen) atoms. The van der Waals surface area contributed by atoms with E-state index in [1.807, 2.05) is 66.0 Å². The van der Waals surface area contributed by atoms with E-state index in [4.69, 9.17) is 25.7 Å². The highest BCUT2D eigenvalue weighted by molar-refractivity contribution is 7.85. The molecule has 258 valence electrons. The van der Waals surface area contributed by atoms with E-state index in [1.54, 1.807) is 6.07 Å². The lowest BCUT2D eigenvalue weighted by molar-refractivity contribution is -0.659. The summed E-state index contributed by atoms with van der Waals surface area (Å²) in [4.78, 5) is 38.3. The number of carboxylic acid groups (broad SMARTS) is 1. The van der Waals surface area contributed by atoms with E-state index in [-0.39, 0.29) is 32.1 Å². The highest BCUT2D eigenvalue weighted by Crippen LogP contribution is 2.34. The van der Waals surface area contributed by atoms with Gasteiger partial charge < -0.3 is 26.2 Å². The fourth-order valence-electron chi connectivity index (χ4n) is 5.49. The lowest BCUT2D eigenvalue weighted by atomic mass is 9.98. The van der Waals surface area contributed by atoms with Crippen LogP contribution in [0.3, 0.4) is 0 Å². The first-order valence-electron chi connectivity index (χ1n) is 15.6. The lowest BCUT2D eigenvalue weighted by Crippen LogP contribution is -2.45. The number of nitrogens with one attached hydrogen (secondary N) is 2. The van der Waals surface area contributed by atoms with Gasteiger partial charge >= 0.3 is 5.97 Å². The van der Waals surface area contributed by atoms with Gasteiger partial charge in [-0.15, -0.1) is 0 Å². The molecule has 4 aromatic rings.